The van der Waals surface area contributed by atoms with Gasteiger partial charge in [0.25, 0.3) is 0 Å². The van der Waals surface area contributed by atoms with E-state index in [0.29, 0.717) is 0 Å². The fourth-order valence-electron chi connectivity index (χ4n) is 7.07. The summed E-state index contributed by atoms with van der Waals surface area (Å²) < 4.78 is 12.9. The van der Waals surface area contributed by atoms with Crippen LogP contribution >= 0.6 is 0 Å². The Balaban J connectivity index is 1.28. The van der Waals surface area contributed by atoms with Gasteiger partial charge in [-0.1, -0.05) is 97.1 Å². The van der Waals surface area contributed by atoms with Crippen LogP contribution in [0.2, 0.25) is 0 Å². The molecule has 3 heterocycles. The molecule has 0 aliphatic carbocycles. The zero-order chi connectivity index (χ0) is 31.9. The molecule has 0 radical (unpaired) electrons. The van der Waals surface area contributed by atoms with E-state index < -0.39 is 18.3 Å². The van der Waals surface area contributed by atoms with Gasteiger partial charge in [-0.15, -0.1) is 0 Å². The van der Waals surface area contributed by atoms with Crippen molar-refractivity contribution in [3.05, 3.63) is 127 Å². The van der Waals surface area contributed by atoms with Crippen molar-refractivity contribution in [3.8, 4) is 22.5 Å². The molecule has 1 saturated heterocycles. The standard InChI is InChI=1S/C42H33BN2O2/c1-41(2)42(3,4)47-43(46-41)28-18-21-38-35(25-28)32-19-22-36-33(39(32)40(45-38)26-12-6-5-7-13-26)20-23-37(44-36)34-24-27-14-8-9-15-29(27)30-16-10-11-17-31(30)34/h5-25H,1-4H3. The maximum Gasteiger partial charge on any atom is 0.494 e. The molecule has 47 heavy (non-hydrogen) atoms. The predicted octanol–water partition coefficient (Wildman–Crippen LogP) is 9.88. The summed E-state index contributed by atoms with van der Waals surface area (Å²) in [6.07, 6.45) is 0. The van der Waals surface area contributed by atoms with Crippen molar-refractivity contribution < 1.29 is 9.31 Å². The van der Waals surface area contributed by atoms with Gasteiger partial charge in [0.15, 0.2) is 0 Å². The second-order valence-electron chi connectivity index (χ2n) is 13.6. The van der Waals surface area contributed by atoms with Crippen LogP contribution in [-0.4, -0.2) is 28.3 Å². The Morgan fingerprint density at radius 2 is 1.15 bits per heavy atom. The van der Waals surface area contributed by atoms with Gasteiger partial charge in [0.1, 0.15) is 0 Å². The molecule has 0 bridgehead atoms. The third-order valence-electron chi connectivity index (χ3n) is 10.3. The first-order chi connectivity index (χ1) is 22.8. The Hall–Kier alpha value is -5.10. The number of pyridine rings is 2. The molecule has 5 heteroatoms. The quantitative estimate of drug-likeness (QED) is 0.148. The Morgan fingerprint density at radius 3 is 1.94 bits per heavy atom. The molecule has 0 amide bonds. The van der Waals surface area contributed by atoms with E-state index in [-0.39, 0.29) is 0 Å². The van der Waals surface area contributed by atoms with Gasteiger partial charge in [0.2, 0.25) is 0 Å². The van der Waals surface area contributed by atoms with E-state index in [9.17, 15) is 0 Å². The SMILES string of the molecule is CC1(C)OB(c2ccc3nc(-c4ccccc4)c4c5ccc(-c6cc7ccccc7c7ccccc67)nc5ccc4c3c2)OC1(C)C. The van der Waals surface area contributed by atoms with Gasteiger partial charge < -0.3 is 9.31 Å². The summed E-state index contributed by atoms with van der Waals surface area (Å²) in [5.41, 5.74) is 6.14. The molecule has 0 saturated carbocycles. The van der Waals surface area contributed by atoms with Crippen LogP contribution in [0.25, 0.3) is 76.6 Å². The van der Waals surface area contributed by atoms with Crippen LogP contribution in [0.1, 0.15) is 27.7 Å². The van der Waals surface area contributed by atoms with Crippen molar-refractivity contribution >= 4 is 66.7 Å². The number of benzene rings is 6. The molecule has 8 aromatic rings. The lowest BCUT2D eigenvalue weighted by molar-refractivity contribution is 0.00578. The molecule has 1 aliphatic heterocycles. The van der Waals surface area contributed by atoms with Crippen LogP contribution in [0, 0.1) is 0 Å². The van der Waals surface area contributed by atoms with Crippen LogP contribution in [0.3, 0.4) is 0 Å². The number of fused-ring (bicyclic) bond motifs is 8. The summed E-state index contributed by atoms with van der Waals surface area (Å²) >= 11 is 0. The highest BCUT2D eigenvalue weighted by Crippen LogP contribution is 2.40. The molecule has 9 rings (SSSR count). The summed E-state index contributed by atoms with van der Waals surface area (Å²) in [4.78, 5) is 10.6. The predicted molar refractivity (Wildman–Crippen MR) is 196 cm³/mol. The van der Waals surface area contributed by atoms with Gasteiger partial charge in [0.05, 0.1) is 33.6 Å². The van der Waals surface area contributed by atoms with Crippen molar-refractivity contribution in [2.24, 2.45) is 0 Å². The van der Waals surface area contributed by atoms with Gasteiger partial charge in [-0.2, -0.15) is 0 Å². The molecule has 0 atom stereocenters. The highest BCUT2D eigenvalue weighted by atomic mass is 16.7. The molecular formula is C42H33BN2O2. The van der Waals surface area contributed by atoms with Crippen LogP contribution in [0.15, 0.2) is 127 Å². The molecule has 0 unspecified atom stereocenters. The number of rotatable bonds is 3. The molecule has 1 fully saturated rings. The summed E-state index contributed by atoms with van der Waals surface area (Å²) in [6.45, 7) is 8.35. The van der Waals surface area contributed by atoms with Crippen LogP contribution in [0.5, 0.6) is 0 Å². The van der Waals surface area contributed by atoms with Crippen LogP contribution in [0.4, 0.5) is 0 Å². The first kappa shape index (κ1) is 28.2. The summed E-state index contributed by atoms with van der Waals surface area (Å²) in [7, 11) is -0.449. The maximum absolute atomic E-state index is 6.43. The Morgan fingerprint density at radius 1 is 0.511 bits per heavy atom. The van der Waals surface area contributed by atoms with Gasteiger partial charge in [-0.3, -0.25) is 0 Å². The smallest absolute Gasteiger partial charge is 0.399 e. The van der Waals surface area contributed by atoms with E-state index in [4.69, 9.17) is 19.3 Å². The van der Waals surface area contributed by atoms with E-state index in [2.05, 4.69) is 149 Å². The van der Waals surface area contributed by atoms with Gasteiger partial charge in [-0.05, 0) is 90.4 Å². The zero-order valence-electron chi connectivity index (χ0n) is 26.9. The number of hydrogen-bond donors (Lipinski definition) is 0. The lowest BCUT2D eigenvalue weighted by atomic mass is 9.78. The van der Waals surface area contributed by atoms with Crippen molar-refractivity contribution in [3.63, 3.8) is 0 Å². The van der Waals surface area contributed by atoms with Crippen molar-refractivity contribution in [1.29, 1.82) is 0 Å². The number of nitrogens with zero attached hydrogens (tertiary/aromatic N) is 2. The topological polar surface area (TPSA) is 44.2 Å². The minimum Gasteiger partial charge on any atom is -0.399 e. The van der Waals surface area contributed by atoms with E-state index >= 15 is 0 Å². The third-order valence-corrected chi connectivity index (χ3v) is 10.3. The number of aromatic nitrogens is 2. The minimum atomic E-state index is -0.449. The fraction of sp³-hybridized carbons (Fsp3) is 0.143. The molecule has 4 nitrogen and oxygen atoms in total. The summed E-state index contributed by atoms with van der Waals surface area (Å²) in [5.74, 6) is 0. The third kappa shape index (κ3) is 4.38. The molecule has 1 aliphatic rings. The normalized spacial score (nSPS) is 15.8. The molecular weight excluding hydrogens is 575 g/mol. The fourth-order valence-corrected chi connectivity index (χ4v) is 7.07. The summed E-state index contributed by atoms with van der Waals surface area (Å²) in [5, 5.41) is 9.27. The molecule has 6 aromatic carbocycles. The van der Waals surface area contributed by atoms with E-state index in [1.54, 1.807) is 0 Å². The monoisotopic (exact) mass is 608 g/mol. The molecule has 2 aromatic heterocycles. The van der Waals surface area contributed by atoms with Gasteiger partial charge in [0, 0.05) is 27.3 Å². The maximum atomic E-state index is 6.43. The Bertz CT molecular complexity index is 2530. The van der Waals surface area contributed by atoms with Crippen molar-refractivity contribution in [1.82, 2.24) is 9.97 Å². The zero-order valence-corrected chi connectivity index (χ0v) is 26.9. The van der Waals surface area contributed by atoms with Gasteiger partial charge >= 0.3 is 7.12 Å². The van der Waals surface area contributed by atoms with Gasteiger partial charge in [-0.25, -0.2) is 9.97 Å². The highest BCUT2D eigenvalue weighted by Gasteiger charge is 2.51. The molecule has 0 spiro atoms. The van der Waals surface area contributed by atoms with E-state index in [0.717, 1.165) is 60.6 Å². The van der Waals surface area contributed by atoms with E-state index in [1.807, 2.05) is 6.07 Å². The lowest BCUT2D eigenvalue weighted by Gasteiger charge is -2.32. The highest BCUT2D eigenvalue weighted by molar-refractivity contribution is 6.62. The average molecular weight is 609 g/mol. The number of hydrogen-bond acceptors (Lipinski definition) is 4. The Labute approximate surface area is 274 Å². The second kappa shape index (κ2) is 10.2. The molecule has 226 valence electrons. The minimum absolute atomic E-state index is 0.417. The largest absolute Gasteiger partial charge is 0.494 e. The first-order valence-electron chi connectivity index (χ1n) is 16.3. The summed E-state index contributed by atoms with van der Waals surface area (Å²) in [6, 6.07) is 45.0. The second-order valence-corrected chi connectivity index (χ2v) is 13.6. The van der Waals surface area contributed by atoms with Crippen molar-refractivity contribution in [2.45, 2.75) is 38.9 Å². The lowest BCUT2D eigenvalue weighted by Crippen LogP contribution is -2.41. The van der Waals surface area contributed by atoms with Crippen LogP contribution in [-0.2, 0) is 9.31 Å². The molecule has 0 N–H and O–H groups in total. The average Bonchev–Trinajstić information content (AvgIpc) is 3.33. The first-order valence-corrected chi connectivity index (χ1v) is 16.3. The van der Waals surface area contributed by atoms with Crippen molar-refractivity contribution in [2.75, 3.05) is 0 Å². The van der Waals surface area contributed by atoms with Crippen LogP contribution < -0.4 is 5.46 Å². The van der Waals surface area contributed by atoms with E-state index in [1.165, 1.54) is 21.5 Å². The Kier molecular flexibility index (Phi) is 6.11.